The van der Waals surface area contributed by atoms with Crippen molar-refractivity contribution < 1.29 is 9.53 Å². The van der Waals surface area contributed by atoms with Gasteiger partial charge in [0.1, 0.15) is 5.75 Å². The number of benzene rings is 2. The summed E-state index contributed by atoms with van der Waals surface area (Å²) in [4.78, 5) is 17.3. The third kappa shape index (κ3) is 3.80. The summed E-state index contributed by atoms with van der Waals surface area (Å²) in [6.45, 7) is 5.48. The monoisotopic (exact) mass is 407 g/mol. The van der Waals surface area contributed by atoms with E-state index in [-0.39, 0.29) is 23.7 Å². The van der Waals surface area contributed by atoms with E-state index in [2.05, 4.69) is 4.90 Å². The number of para-hydroxylation sites is 2. The average molecular weight is 408 g/mol. The van der Waals surface area contributed by atoms with E-state index in [0.717, 1.165) is 11.4 Å². The first-order valence-electron chi connectivity index (χ1n) is 8.78. The highest BCUT2D eigenvalue weighted by Gasteiger charge is 2.34. The van der Waals surface area contributed by atoms with E-state index in [1.165, 1.54) is 0 Å². The van der Waals surface area contributed by atoms with Gasteiger partial charge in [-0.2, -0.15) is 0 Å². The lowest BCUT2D eigenvalue weighted by atomic mass is 10.0. The molecule has 2 aromatic carbocycles. The van der Waals surface area contributed by atoms with Gasteiger partial charge in [0.25, 0.3) is 5.91 Å². The summed E-state index contributed by atoms with van der Waals surface area (Å²) in [7, 11) is 1.67. The normalized spacial score (nSPS) is 19.9. The van der Waals surface area contributed by atoms with Crippen LogP contribution in [0.2, 0.25) is 10.0 Å². The first-order valence-corrected chi connectivity index (χ1v) is 9.54. The minimum atomic E-state index is -0.0986. The maximum absolute atomic E-state index is 13.1. The summed E-state index contributed by atoms with van der Waals surface area (Å²) in [5.41, 5.74) is 7.56. The molecule has 0 radical (unpaired) electrons. The molecule has 3 rings (SSSR count). The Hall–Kier alpha value is -2.11. The van der Waals surface area contributed by atoms with Gasteiger partial charge in [0, 0.05) is 30.7 Å². The van der Waals surface area contributed by atoms with Gasteiger partial charge in [-0.05, 0) is 38.1 Å². The van der Waals surface area contributed by atoms with E-state index < -0.39 is 0 Å². The molecule has 144 valence electrons. The summed E-state index contributed by atoms with van der Waals surface area (Å²) in [5.74, 6) is 0.729. The average Bonchev–Trinajstić information content (AvgIpc) is 2.64. The van der Waals surface area contributed by atoms with Crippen LogP contribution in [0.25, 0.3) is 0 Å². The summed E-state index contributed by atoms with van der Waals surface area (Å²) in [5, 5.41) is 0.581. The van der Waals surface area contributed by atoms with Crippen LogP contribution < -0.4 is 15.4 Å². The fourth-order valence-electron chi connectivity index (χ4n) is 3.67. The molecule has 0 aliphatic carbocycles. The number of amides is 1. The molecule has 0 spiro atoms. The number of carbonyl (C=O) groups excluding carboxylic acids is 1. The molecule has 1 amide bonds. The van der Waals surface area contributed by atoms with Crippen LogP contribution in [0.4, 0.5) is 11.4 Å². The molecule has 2 atom stereocenters. The number of nitrogens with two attached hydrogens (primary N) is 1. The molecule has 1 aliphatic rings. The molecular weight excluding hydrogens is 385 g/mol. The summed E-state index contributed by atoms with van der Waals surface area (Å²) >= 11 is 12.2. The van der Waals surface area contributed by atoms with Crippen molar-refractivity contribution in [2.75, 3.05) is 30.8 Å². The number of halogens is 2. The molecular formula is C20H23Cl2N3O2. The molecule has 2 aromatic rings. The van der Waals surface area contributed by atoms with E-state index in [1.807, 2.05) is 43.0 Å². The Labute approximate surface area is 169 Å². The van der Waals surface area contributed by atoms with Gasteiger partial charge in [-0.25, -0.2) is 0 Å². The van der Waals surface area contributed by atoms with Gasteiger partial charge in [0.05, 0.1) is 28.5 Å². The highest BCUT2D eigenvalue weighted by molar-refractivity contribution is 6.39. The molecule has 0 aromatic heterocycles. The molecule has 0 saturated carbocycles. The largest absolute Gasteiger partial charge is 0.495 e. The second-order valence-corrected chi connectivity index (χ2v) is 7.66. The summed E-state index contributed by atoms with van der Waals surface area (Å²) in [6, 6.07) is 11.1. The fourth-order valence-corrected chi connectivity index (χ4v) is 4.15. The van der Waals surface area contributed by atoms with Crippen LogP contribution in [-0.4, -0.2) is 43.1 Å². The Morgan fingerprint density at radius 3 is 2.22 bits per heavy atom. The number of ether oxygens (including phenoxy) is 1. The van der Waals surface area contributed by atoms with Crippen LogP contribution in [0.15, 0.2) is 36.4 Å². The van der Waals surface area contributed by atoms with Gasteiger partial charge in [-0.1, -0.05) is 35.3 Å². The predicted molar refractivity (Wildman–Crippen MR) is 111 cm³/mol. The smallest absolute Gasteiger partial charge is 0.254 e. The predicted octanol–water partition coefficient (Wildman–Crippen LogP) is 4.32. The van der Waals surface area contributed by atoms with Crippen molar-refractivity contribution in [2.24, 2.45) is 0 Å². The highest BCUT2D eigenvalue weighted by Crippen LogP contribution is 2.33. The third-order valence-electron chi connectivity index (χ3n) is 4.91. The quantitative estimate of drug-likeness (QED) is 0.769. The molecule has 5 nitrogen and oxygen atoms in total. The topological polar surface area (TPSA) is 58.8 Å². The number of piperazine rings is 1. The molecule has 1 saturated heterocycles. The lowest BCUT2D eigenvalue weighted by Gasteiger charge is -2.45. The maximum atomic E-state index is 13.1. The number of hydrogen-bond donors (Lipinski definition) is 1. The standard InChI is InChI=1S/C20H23Cl2N3O2/c1-12-10-24(17-6-4-5-7-18(17)27-3)11-13(2)25(12)20(26)14-8-15(21)19(23)16(22)9-14/h4-9,12-13H,10-11,23H2,1-3H3/t12-,13+. The number of nitrogens with zero attached hydrogens (tertiary/aromatic N) is 2. The molecule has 1 aliphatic heterocycles. The lowest BCUT2D eigenvalue weighted by Crippen LogP contribution is -2.58. The highest BCUT2D eigenvalue weighted by atomic mass is 35.5. The van der Waals surface area contributed by atoms with Crippen molar-refractivity contribution in [2.45, 2.75) is 25.9 Å². The van der Waals surface area contributed by atoms with Gasteiger partial charge < -0.3 is 20.3 Å². The van der Waals surface area contributed by atoms with E-state index >= 15 is 0 Å². The Morgan fingerprint density at radius 1 is 1.11 bits per heavy atom. The van der Waals surface area contributed by atoms with E-state index in [0.29, 0.717) is 28.7 Å². The van der Waals surface area contributed by atoms with E-state index in [1.54, 1.807) is 19.2 Å². The van der Waals surface area contributed by atoms with Gasteiger partial charge in [0.15, 0.2) is 0 Å². The number of nitrogen functional groups attached to an aromatic ring is 1. The van der Waals surface area contributed by atoms with E-state index in [4.69, 9.17) is 33.7 Å². The first-order chi connectivity index (χ1) is 12.8. The van der Waals surface area contributed by atoms with Crippen LogP contribution in [0.1, 0.15) is 24.2 Å². The van der Waals surface area contributed by atoms with Crippen molar-refractivity contribution in [1.29, 1.82) is 0 Å². The Bertz CT molecular complexity index is 824. The zero-order chi connectivity index (χ0) is 19.7. The summed E-state index contributed by atoms with van der Waals surface area (Å²) in [6.07, 6.45) is 0. The van der Waals surface area contributed by atoms with Crippen molar-refractivity contribution >= 4 is 40.5 Å². The van der Waals surface area contributed by atoms with Gasteiger partial charge in [-0.15, -0.1) is 0 Å². The Kier molecular flexibility index (Phi) is 5.72. The van der Waals surface area contributed by atoms with Crippen molar-refractivity contribution in [3.05, 3.63) is 52.0 Å². The third-order valence-corrected chi connectivity index (χ3v) is 5.53. The zero-order valence-electron chi connectivity index (χ0n) is 15.6. The van der Waals surface area contributed by atoms with Crippen LogP contribution in [0, 0.1) is 0 Å². The van der Waals surface area contributed by atoms with Crippen LogP contribution in [0.5, 0.6) is 5.75 Å². The number of anilines is 2. The molecule has 2 N–H and O–H groups in total. The minimum Gasteiger partial charge on any atom is -0.495 e. The summed E-state index contributed by atoms with van der Waals surface area (Å²) < 4.78 is 5.49. The van der Waals surface area contributed by atoms with Crippen molar-refractivity contribution in [1.82, 2.24) is 4.90 Å². The van der Waals surface area contributed by atoms with Crippen LogP contribution in [0.3, 0.4) is 0 Å². The maximum Gasteiger partial charge on any atom is 0.254 e. The Balaban J connectivity index is 1.85. The van der Waals surface area contributed by atoms with Crippen molar-refractivity contribution in [3.63, 3.8) is 0 Å². The van der Waals surface area contributed by atoms with Crippen LogP contribution >= 0.6 is 23.2 Å². The van der Waals surface area contributed by atoms with Gasteiger partial charge in [-0.3, -0.25) is 4.79 Å². The number of carbonyl (C=O) groups is 1. The molecule has 0 bridgehead atoms. The lowest BCUT2D eigenvalue weighted by molar-refractivity contribution is 0.0574. The second-order valence-electron chi connectivity index (χ2n) is 6.84. The number of hydrogen-bond acceptors (Lipinski definition) is 4. The number of methoxy groups -OCH3 is 1. The fraction of sp³-hybridized carbons (Fsp3) is 0.350. The SMILES string of the molecule is COc1ccccc1N1C[C@@H](C)N(C(=O)c2cc(Cl)c(N)c(Cl)c2)[C@@H](C)C1. The number of rotatable bonds is 3. The molecule has 1 fully saturated rings. The van der Waals surface area contributed by atoms with Crippen molar-refractivity contribution in [3.8, 4) is 5.75 Å². The van der Waals surface area contributed by atoms with E-state index in [9.17, 15) is 4.79 Å². The zero-order valence-corrected chi connectivity index (χ0v) is 17.1. The molecule has 7 heteroatoms. The van der Waals surface area contributed by atoms with Gasteiger partial charge >= 0.3 is 0 Å². The Morgan fingerprint density at radius 2 is 1.67 bits per heavy atom. The van der Waals surface area contributed by atoms with Crippen LogP contribution in [-0.2, 0) is 0 Å². The van der Waals surface area contributed by atoms with Gasteiger partial charge in [0.2, 0.25) is 0 Å². The molecule has 27 heavy (non-hydrogen) atoms. The minimum absolute atomic E-state index is 0.00117. The second kappa shape index (κ2) is 7.87. The molecule has 0 unspecified atom stereocenters. The first kappa shape index (κ1) is 19.6. The molecule has 1 heterocycles.